The van der Waals surface area contributed by atoms with E-state index in [9.17, 15) is 18.0 Å². The lowest BCUT2D eigenvalue weighted by Crippen LogP contribution is -2.47. The van der Waals surface area contributed by atoms with Crippen molar-refractivity contribution in [3.05, 3.63) is 40.6 Å². The summed E-state index contributed by atoms with van der Waals surface area (Å²) < 4.78 is 32.7. The van der Waals surface area contributed by atoms with E-state index in [0.29, 0.717) is 37.4 Å². The molecule has 2 unspecified atom stereocenters. The Bertz CT molecular complexity index is 1150. The number of hydrogen-bond acceptors (Lipinski definition) is 7. The summed E-state index contributed by atoms with van der Waals surface area (Å²) in [6.07, 6.45) is 1.07. The van der Waals surface area contributed by atoms with E-state index in [-0.39, 0.29) is 22.4 Å². The van der Waals surface area contributed by atoms with Gasteiger partial charge in [0.25, 0.3) is 0 Å². The van der Waals surface area contributed by atoms with Crippen LogP contribution in [0.15, 0.2) is 40.6 Å². The highest BCUT2D eigenvalue weighted by Gasteiger charge is 2.57. The number of hydrogen-bond donors (Lipinski definition) is 1. The van der Waals surface area contributed by atoms with Gasteiger partial charge in [0.05, 0.1) is 17.7 Å². The number of nitrogens with zero attached hydrogens (tertiary/aromatic N) is 2. The number of benzene rings is 1. The summed E-state index contributed by atoms with van der Waals surface area (Å²) in [7, 11) is -2.25. The van der Waals surface area contributed by atoms with Crippen LogP contribution >= 0.6 is 23.1 Å². The van der Waals surface area contributed by atoms with Crippen molar-refractivity contribution in [2.45, 2.75) is 42.5 Å². The van der Waals surface area contributed by atoms with Gasteiger partial charge in [-0.05, 0) is 36.1 Å². The van der Waals surface area contributed by atoms with Crippen LogP contribution in [0.1, 0.15) is 31.6 Å². The van der Waals surface area contributed by atoms with Gasteiger partial charge in [-0.25, -0.2) is 8.42 Å². The first-order valence-electron chi connectivity index (χ1n) is 10.8. The summed E-state index contributed by atoms with van der Waals surface area (Å²) in [5.74, 6) is 0.421. The molecule has 0 aliphatic carbocycles. The zero-order valence-electron chi connectivity index (χ0n) is 18.7. The standard InChI is InChI=1S/C22H27N3O5S3/c1-4-24(5-2)33(28,29)15-8-9-18(30-3)16(13-15)23-21(27)17-14-32-22(19-7-6-12-31-19)11-10-20(26)25(17)22/h6-9,12-13,17H,4-5,10-11,14H2,1-3H3,(H,23,27). The van der Waals surface area contributed by atoms with Gasteiger partial charge < -0.3 is 15.0 Å². The molecule has 33 heavy (non-hydrogen) atoms. The van der Waals surface area contributed by atoms with Crippen LogP contribution in [-0.4, -0.2) is 61.4 Å². The third-order valence-corrected chi connectivity index (χ3v) is 10.9. The van der Waals surface area contributed by atoms with Crippen molar-refractivity contribution in [2.24, 2.45) is 0 Å². The highest BCUT2D eigenvalue weighted by molar-refractivity contribution is 8.00. The smallest absolute Gasteiger partial charge is 0.248 e. The number of rotatable bonds is 8. The van der Waals surface area contributed by atoms with E-state index in [0.717, 1.165) is 4.88 Å². The molecule has 4 rings (SSSR count). The second-order valence-electron chi connectivity index (χ2n) is 7.79. The molecule has 2 atom stereocenters. The van der Waals surface area contributed by atoms with Gasteiger partial charge in [-0.3, -0.25) is 9.59 Å². The number of sulfonamides is 1. The highest BCUT2D eigenvalue weighted by Crippen LogP contribution is 2.55. The Labute approximate surface area is 202 Å². The van der Waals surface area contributed by atoms with Gasteiger partial charge >= 0.3 is 0 Å². The quantitative estimate of drug-likeness (QED) is 0.587. The van der Waals surface area contributed by atoms with E-state index in [1.807, 2.05) is 17.5 Å². The Morgan fingerprint density at radius 1 is 1.30 bits per heavy atom. The minimum atomic E-state index is -3.71. The van der Waals surface area contributed by atoms with Crippen molar-refractivity contribution >= 4 is 50.6 Å². The molecule has 8 nitrogen and oxygen atoms in total. The number of ether oxygens (including phenoxy) is 1. The molecule has 2 fully saturated rings. The van der Waals surface area contributed by atoms with Gasteiger partial charge in [0.15, 0.2) is 0 Å². The van der Waals surface area contributed by atoms with Crippen LogP contribution in [0.5, 0.6) is 5.75 Å². The number of methoxy groups -OCH3 is 1. The van der Waals surface area contributed by atoms with Crippen LogP contribution in [0.4, 0.5) is 5.69 Å². The van der Waals surface area contributed by atoms with Crippen LogP contribution < -0.4 is 10.1 Å². The zero-order chi connectivity index (χ0) is 23.8. The van der Waals surface area contributed by atoms with Crippen LogP contribution in [0.2, 0.25) is 0 Å². The molecule has 0 spiro atoms. The van der Waals surface area contributed by atoms with Crippen LogP contribution in [0.3, 0.4) is 0 Å². The lowest BCUT2D eigenvalue weighted by molar-refractivity contribution is -0.136. The van der Waals surface area contributed by atoms with Crippen molar-refractivity contribution in [3.8, 4) is 5.75 Å². The van der Waals surface area contributed by atoms with E-state index in [4.69, 9.17) is 4.74 Å². The van der Waals surface area contributed by atoms with Gasteiger partial charge in [-0.2, -0.15) is 4.31 Å². The molecule has 2 aliphatic rings. The fourth-order valence-electron chi connectivity index (χ4n) is 4.46. The zero-order valence-corrected chi connectivity index (χ0v) is 21.2. The van der Waals surface area contributed by atoms with Gasteiger partial charge in [0.2, 0.25) is 21.8 Å². The van der Waals surface area contributed by atoms with Crippen LogP contribution in [-0.2, 0) is 24.5 Å². The number of thioether (sulfide) groups is 1. The largest absolute Gasteiger partial charge is 0.495 e. The molecule has 0 saturated carbocycles. The predicted molar refractivity (Wildman–Crippen MR) is 130 cm³/mol. The minimum absolute atomic E-state index is 0.0432. The maximum atomic E-state index is 13.4. The van der Waals surface area contributed by atoms with Crippen molar-refractivity contribution in [3.63, 3.8) is 0 Å². The molecule has 0 radical (unpaired) electrons. The fourth-order valence-corrected chi connectivity index (χ4v) is 8.67. The molecule has 0 bridgehead atoms. The number of amides is 2. The monoisotopic (exact) mass is 509 g/mol. The molecular weight excluding hydrogens is 482 g/mol. The molecule has 178 valence electrons. The van der Waals surface area contributed by atoms with Gasteiger partial charge in [-0.1, -0.05) is 19.9 Å². The molecule has 1 aromatic heterocycles. The van der Waals surface area contributed by atoms with E-state index in [1.165, 1.54) is 29.6 Å². The molecular formula is C22H27N3O5S3. The molecule has 2 saturated heterocycles. The summed E-state index contributed by atoms with van der Waals surface area (Å²) in [5, 5.41) is 4.81. The van der Waals surface area contributed by atoms with Crippen molar-refractivity contribution in [1.29, 1.82) is 0 Å². The van der Waals surface area contributed by atoms with Gasteiger partial charge in [0, 0.05) is 30.1 Å². The third kappa shape index (κ3) is 4.05. The summed E-state index contributed by atoms with van der Waals surface area (Å²) in [6, 6.07) is 7.74. The second-order valence-corrected chi connectivity index (χ2v) is 12.0. The number of anilines is 1. The molecule has 1 N–H and O–H groups in total. The fraction of sp³-hybridized carbons (Fsp3) is 0.455. The first-order chi connectivity index (χ1) is 15.8. The Kier molecular flexibility index (Phi) is 6.77. The summed E-state index contributed by atoms with van der Waals surface area (Å²) in [5.41, 5.74) is 0.265. The van der Waals surface area contributed by atoms with Gasteiger partial charge in [-0.15, -0.1) is 23.1 Å². The Morgan fingerprint density at radius 2 is 2.06 bits per heavy atom. The Balaban J connectivity index is 1.63. The van der Waals surface area contributed by atoms with E-state index >= 15 is 0 Å². The highest BCUT2D eigenvalue weighted by atomic mass is 32.2. The SMILES string of the molecule is CCN(CC)S(=O)(=O)c1ccc(OC)c(NC(=O)C2CSC3(c4cccs4)CCC(=O)N23)c1. The number of carbonyl (C=O) groups is 2. The first kappa shape index (κ1) is 24.1. The summed E-state index contributed by atoms with van der Waals surface area (Å²) in [4.78, 5) is 28.5. The topological polar surface area (TPSA) is 96.0 Å². The lowest BCUT2D eigenvalue weighted by Gasteiger charge is -2.32. The molecule has 2 amide bonds. The molecule has 2 aromatic rings. The average Bonchev–Trinajstić information content (AvgIpc) is 3.52. The normalized spacial score (nSPS) is 22.6. The Hall–Kier alpha value is -2.08. The van der Waals surface area contributed by atoms with Crippen molar-refractivity contribution in [2.75, 3.05) is 31.3 Å². The van der Waals surface area contributed by atoms with E-state index in [2.05, 4.69) is 5.32 Å². The maximum absolute atomic E-state index is 13.4. The number of thiophene rings is 1. The third-order valence-electron chi connectivity index (χ3n) is 6.11. The summed E-state index contributed by atoms with van der Waals surface area (Å²) in [6.45, 7) is 4.23. The summed E-state index contributed by atoms with van der Waals surface area (Å²) >= 11 is 3.20. The lowest BCUT2D eigenvalue weighted by atomic mass is 10.1. The number of nitrogens with one attached hydrogen (secondary N) is 1. The minimum Gasteiger partial charge on any atom is -0.495 e. The van der Waals surface area contributed by atoms with Crippen LogP contribution in [0.25, 0.3) is 0 Å². The number of carbonyl (C=O) groups excluding carboxylic acids is 2. The van der Waals surface area contributed by atoms with Gasteiger partial charge in [0.1, 0.15) is 16.7 Å². The molecule has 1 aromatic carbocycles. The second kappa shape index (κ2) is 9.28. The predicted octanol–water partition coefficient (Wildman–Crippen LogP) is 3.32. The van der Waals surface area contributed by atoms with Crippen LogP contribution in [0, 0.1) is 0 Å². The van der Waals surface area contributed by atoms with E-state index < -0.39 is 20.9 Å². The van der Waals surface area contributed by atoms with E-state index in [1.54, 1.807) is 41.8 Å². The first-order valence-corrected chi connectivity index (χ1v) is 14.1. The Morgan fingerprint density at radius 3 is 2.70 bits per heavy atom. The molecule has 11 heteroatoms. The average molecular weight is 510 g/mol. The molecule has 3 heterocycles. The van der Waals surface area contributed by atoms with Crippen molar-refractivity contribution < 1.29 is 22.7 Å². The maximum Gasteiger partial charge on any atom is 0.248 e. The number of fused-ring (bicyclic) bond motifs is 1. The molecule has 2 aliphatic heterocycles. The van der Waals surface area contributed by atoms with Crippen molar-refractivity contribution in [1.82, 2.24) is 9.21 Å².